The van der Waals surface area contributed by atoms with Gasteiger partial charge < -0.3 is 9.80 Å². The van der Waals surface area contributed by atoms with Crippen molar-refractivity contribution in [3.63, 3.8) is 0 Å². The molecule has 0 aliphatic heterocycles. The second kappa shape index (κ2) is 8.51. The van der Waals surface area contributed by atoms with Crippen LogP contribution in [0.4, 0.5) is 11.4 Å². The van der Waals surface area contributed by atoms with E-state index < -0.39 is 0 Å². The highest BCUT2D eigenvalue weighted by atomic mass is 15.1. The van der Waals surface area contributed by atoms with Crippen LogP contribution in [0.25, 0.3) is 27.8 Å². The standard InChI is InChI=1S/C31H41N4/c1-16-14-17(2)27(18(3)15-16)35-30-23(8)28(33(10)11)21(6)19(4)25(30)32-26-20(5)22(7)29(34(12)13)24(9)31(26)35/h14-15H,1-13H3/q+1. The molecule has 4 heteroatoms. The van der Waals surface area contributed by atoms with E-state index in [4.69, 9.17) is 4.98 Å². The van der Waals surface area contributed by atoms with E-state index in [-0.39, 0.29) is 0 Å². The predicted molar refractivity (Wildman–Crippen MR) is 152 cm³/mol. The van der Waals surface area contributed by atoms with Crippen molar-refractivity contribution in [3.05, 3.63) is 62.2 Å². The topological polar surface area (TPSA) is 23.2 Å². The van der Waals surface area contributed by atoms with Gasteiger partial charge in [0.05, 0.1) is 0 Å². The molecule has 0 N–H and O–H groups in total. The van der Waals surface area contributed by atoms with Gasteiger partial charge in [0.15, 0.2) is 0 Å². The summed E-state index contributed by atoms with van der Waals surface area (Å²) in [6.45, 7) is 20.1. The minimum atomic E-state index is 1.09. The molecule has 0 amide bonds. The van der Waals surface area contributed by atoms with Crippen molar-refractivity contribution in [2.45, 2.75) is 62.3 Å². The van der Waals surface area contributed by atoms with E-state index >= 15 is 0 Å². The van der Waals surface area contributed by atoms with Crippen LogP contribution in [-0.2, 0) is 0 Å². The maximum atomic E-state index is 5.43. The van der Waals surface area contributed by atoms with E-state index in [2.05, 4.69) is 117 Å². The molecule has 4 rings (SSSR count). The van der Waals surface area contributed by atoms with Crippen molar-refractivity contribution in [3.8, 4) is 5.69 Å². The van der Waals surface area contributed by atoms with Gasteiger partial charge in [-0.15, -0.1) is 4.57 Å². The summed E-state index contributed by atoms with van der Waals surface area (Å²) in [5.41, 5.74) is 19.9. The smallest absolute Gasteiger partial charge is 0.242 e. The molecule has 1 aromatic heterocycles. The van der Waals surface area contributed by atoms with Crippen molar-refractivity contribution in [2.24, 2.45) is 0 Å². The lowest BCUT2D eigenvalue weighted by atomic mass is 9.95. The van der Waals surface area contributed by atoms with Gasteiger partial charge in [-0.25, -0.2) is 4.98 Å². The zero-order chi connectivity index (χ0) is 26.1. The van der Waals surface area contributed by atoms with Crippen LogP contribution in [0.2, 0.25) is 0 Å². The van der Waals surface area contributed by atoms with E-state index in [1.54, 1.807) is 0 Å². The molecule has 4 nitrogen and oxygen atoms in total. The van der Waals surface area contributed by atoms with E-state index in [0.717, 1.165) is 11.0 Å². The normalized spacial score (nSPS) is 11.6. The average Bonchev–Trinajstić information content (AvgIpc) is 2.74. The highest BCUT2D eigenvalue weighted by Crippen LogP contribution is 2.38. The molecule has 0 saturated heterocycles. The van der Waals surface area contributed by atoms with Crippen LogP contribution in [-0.4, -0.2) is 33.2 Å². The molecular formula is C31H41N4+. The van der Waals surface area contributed by atoms with Gasteiger partial charge in [-0.05, 0) is 96.7 Å². The molecule has 4 aromatic rings. The van der Waals surface area contributed by atoms with E-state index in [1.165, 1.54) is 78.2 Å². The highest BCUT2D eigenvalue weighted by Gasteiger charge is 2.32. The van der Waals surface area contributed by atoms with Gasteiger partial charge in [0, 0.05) is 61.8 Å². The Bertz CT molecular complexity index is 1420. The van der Waals surface area contributed by atoms with Crippen LogP contribution >= 0.6 is 0 Å². The van der Waals surface area contributed by atoms with Crippen molar-refractivity contribution in [2.75, 3.05) is 38.0 Å². The Hall–Kier alpha value is -3.14. The first-order valence-corrected chi connectivity index (χ1v) is 12.5. The van der Waals surface area contributed by atoms with Gasteiger partial charge in [-0.3, -0.25) is 0 Å². The Morgan fingerprint density at radius 2 is 0.914 bits per heavy atom. The fourth-order valence-electron chi connectivity index (χ4n) is 6.34. The zero-order valence-electron chi connectivity index (χ0n) is 23.9. The molecule has 0 aliphatic rings. The molecule has 0 aliphatic carbocycles. The first kappa shape index (κ1) is 25.0. The van der Waals surface area contributed by atoms with Crippen molar-refractivity contribution in [1.29, 1.82) is 0 Å². The number of hydrogen-bond acceptors (Lipinski definition) is 3. The highest BCUT2D eigenvalue weighted by molar-refractivity contribution is 5.95. The lowest BCUT2D eigenvalue weighted by Crippen LogP contribution is -2.38. The Balaban J connectivity index is 2.47. The summed E-state index contributed by atoms with van der Waals surface area (Å²) >= 11 is 0. The number of nitrogens with zero attached hydrogens (tertiary/aromatic N) is 4. The van der Waals surface area contributed by atoms with Gasteiger partial charge in [-0.2, -0.15) is 0 Å². The van der Waals surface area contributed by atoms with Crippen LogP contribution in [0.1, 0.15) is 50.1 Å². The number of anilines is 2. The Morgan fingerprint density at radius 3 is 1.26 bits per heavy atom. The summed E-state index contributed by atoms with van der Waals surface area (Å²) in [6, 6.07) is 4.61. The Morgan fingerprint density at radius 1 is 0.543 bits per heavy atom. The number of aryl methyl sites for hydroxylation is 7. The van der Waals surface area contributed by atoms with Crippen LogP contribution in [0.15, 0.2) is 12.1 Å². The zero-order valence-corrected chi connectivity index (χ0v) is 23.9. The molecule has 35 heavy (non-hydrogen) atoms. The third kappa shape index (κ3) is 3.57. The maximum Gasteiger partial charge on any atom is 0.242 e. The third-order valence-corrected chi connectivity index (χ3v) is 7.84. The molecule has 0 atom stereocenters. The summed E-state index contributed by atoms with van der Waals surface area (Å²) in [5.74, 6) is 0. The largest absolute Gasteiger partial charge is 0.377 e. The minimum absolute atomic E-state index is 1.09. The van der Waals surface area contributed by atoms with Crippen LogP contribution in [0.3, 0.4) is 0 Å². The molecule has 1 heterocycles. The summed E-state index contributed by atoms with van der Waals surface area (Å²) in [6.07, 6.45) is 0. The number of benzene rings is 3. The van der Waals surface area contributed by atoms with Gasteiger partial charge >= 0.3 is 0 Å². The summed E-state index contributed by atoms with van der Waals surface area (Å²) in [7, 11) is 8.57. The van der Waals surface area contributed by atoms with Gasteiger partial charge in [0.25, 0.3) is 0 Å². The fourth-order valence-corrected chi connectivity index (χ4v) is 6.34. The molecule has 0 radical (unpaired) electrons. The van der Waals surface area contributed by atoms with Gasteiger partial charge in [0.2, 0.25) is 16.7 Å². The molecular weight excluding hydrogens is 428 g/mol. The van der Waals surface area contributed by atoms with E-state index in [9.17, 15) is 0 Å². The first-order chi connectivity index (χ1) is 16.3. The third-order valence-electron chi connectivity index (χ3n) is 7.84. The van der Waals surface area contributed by atoms with Gasteiger partial charge in [0.1, 0.15) is 11.0 Å². The van der Waals surface area contributed by atoms with Crippen molar-refractivity contribution in [1.82, 2.24) is 4.98 Å². The van der Waals surface area contributed by atoms with Gasteiger partial charge in [-0.1, -0.05) is 5.56 Å². The minimum Gasteiger partial charge on any atom is -0.377 e. The maximum absolute atomic E-state index is 5.43. The van der Waals surface area contributed by atoms with E-state index in [0.29, 0.717) is 0 Å². The SMILES string of the molecule is Cc1cc(C)c(-[n+]2c3c(C)c(N(C)C)c(C)c(C)c3nc3c(C)c(C)c(N(C)C)c(C)c32)c(C)c1. The predicted octanol–water partition coefficient (Wildman–Crippen LogP) is 6.57. The first-order valence-electron chi connectivity index (χ1n) is 12.5. The summed E-state index contributed by atoms with van der Waals surface area (Å²) in [4.78, 5) is 9.92. The number of rotatable bonds is 3. The lowest BCUT2D eigenvalue weighted by Gasteiger charge is -2.24. The Kier molecular flexibility index (Phi) is 6.07. The van der Waals surface area contributed by atoms with E-state index in [1.807, 2.05) is 0 Å². The quantitative estimate of drug-likeness (QED) is 0.250. The summed E-state index contributed by atoms with van der Waals surface area (Å²) in [5, 5.41) is 0. The molecule has 0 bridgehead atoms. The molecule has 0 spiro atoms. The molecule has 3 aromatic carbocycles. The number of hydrogen-bond donors (Lipinski definition) is 0. The Labute approximate surface area is 211 Å². The number of aromatic nitrogens is 2. The second-order valence-corrected chi connectivity index (χ2v) is 10.8. The monoisotopic (exact) mass is 469 g/mol. The lowest BCUT2D eigenvalue weighted by molar-refractivity contribution is -0.539. The molecule has 184 valence electrons. The molecule has 0 fully saturated rings. The molecule has 0 unspecified atom stereocenters. The second-order valence-electron chi connectivity index (χ2n) is 10.8. The van der Waals surface area contributed by atoms with Crippen LogP contribution < -0.4 is 14.4 Å². The van der Waals surface area contributed by atoms with Crippen molar-refractivity contribution >= 4 is 33.4 Å². The average molecular weight is 470 g/mol. The summed E-state index contributed by atoms with van der Waals surface area (Å²) < 4.78 is 2.53. The van der Waals surface area contributed by atoms with Crippen LogP contribution in [0, 0.1) is 62.3 Å². The number of fused-ring (bicyclic) bond motifs is 2. The van der Waals surface area contributed by atoms with Crippen molar-refractivity contribution < 1.29 is 4.57 Å². The van der Waals surface area contributed by atoms with Crippen LogP contribution in [0.5, 0.6) is 0 Å². The molecule has 0 saturated carbocycles. The fraction of sp³-hybridized carbons (Fsp3) is 0.419.